The lowest BCUT2D eigenvalue weighted by atomic mass is 10.1. The molecule has 0 saturated carbocycles. The highest BCUT2D eigenvalue weighted by Crippen LogP contribution is 2.17. The van der Waals surface area contributed by atoms with E-state index >= 15 is 0 Å². The minimum atomic E-state index is -0.314. The van der Waals surface area contributed by atoms with Crippen LogP contribution in [0.2, 0.25) is 0 Å². The summed E-state index contributed by atoms with van der Waals surface area (Å²) < 4.78 is 0. The van der Waals surface area contributed by atoms with E-state index in [-0.39, 0.29) is 30.2 Å². The SMILES string of the molecule is O=C(CCCc1ccc(N(CCCl)CCCl)cc1)NCCCCCCCCCCC(=O)N[C@@H](CO)Cc1ccc(O)cc1. The molecule has 4 N–H and O–H groups in total. The van der Waals surface area contributed by atoms with Gasteiger partial charge in [0.05, 0.1) is 12.6 Å². The van der Waals surface area contributed by atoms with Gasteiger partial charge in [-0.2, -0.15) is 0 Å². The van der Waals surface area contributed by atoms with Crippen molar-refractivity contribution < 1.29 is 19.8 Å². The maximum atomic E-state index is 12.2. The quantitative estimate of drug-likeness (QED) is 0.0796. The number of anilines is 1. The first kappa shape index (κ1) is 36.7. The molecule has 43 heavy (non-hydrogen) atoms. The van der Waals surface area contributed by atoms with Crippen molar-refractivity contribution >= 4 is 40.7 Å². The van der Waals surface area contributed by atoms with E-state index in [0.29, 0.717) is 31.0 Å². The number of unbranched alkanes of at least 4 members (excludes halogenated alkanes) is 7. The Labute approximate surface area is 268 Å². The predicted octanol–water partition coefficient (Wildman–Crippen LogP) is 6.35. The van der Waals surface area contributed by atoms with Crippen LogP contribution in [0.3, 0.4) is 0 Å². The second-order valence-electron chi connectivity index (χ2n) is 11.1. The lowest BCUT2D eigenvalue weighted by Crippen LogP contribution is -2.38. The molecule has 0 heterocycles. The van der Waals surface area contributed by atoms with Gasteiger partial charge in [0.2, 0.25) is 11.8 Å². The monoisotopic (exact) mass is 635 g/mol. The number of amides is 2. The van der Waals surface area contributed by atoms with Crippen molar-refractivity contribution in [3.63, 3.8) is 0 Å². The van der Waals surface area contributed by atoms with Crippen LogP contribution in [0, 0.1) is 0 Å². The topological polar surface area (TPSA) is 102 Å². The van der Waals surface area contributed by atoms with Crippen LogP contribution in [0.4, 0.5) is 5.69 Å². The van der Waals surface area contributed by atoms with Gasteiger partial charge in [-0.1, -0.05) is 62.8 Å². The minimum Gasteiger partial charge on any atom is -0.508 e. The first-order chi connectivity index (χ1) is 20.9. The highest BCUT2D eigenvalue weighted by Gasteiger charge is 2.12. The summed E-state index contributed by atoms with van der Waals surface area (Å²) in [6.45, 7) is 2.17. The number of aliphatic hydroxyl groups excluding tert-OH is 1. The molecule has 2 amide bonds. The summed E-state index contributed by atoms with van der Waals surface area (Å²) in [6, 6.07) is 14.9. The van der Waals surface area contributed by atoms with Crippen LogP contribution in [-0.2, 0) is 22.4 Å². The van der Waals surface area contributed by atoms with E-state index in [0.717, 1.165) is 88.7 Å². The van der Waals surface area contributed by atoms with Gasteiger partial charge in [0.25, 0.3) is 0 Å². The van der Waals surface area contributed by atoms with E-state index in [2.05, 4.69) is 39.8 Å². The Morgan fingerprint density at radius 2 is 1.28 bits per heavy atom. The van der Waals surface area contributed by atoms with Gasteiger partial charge in [0.15, 0.2) is 0 Å². The number of rotatable bonds is 24. The number of aromatic hydroxyl groups is 1. The largest absolute Gasteiger partial charge is 0.508 e. The number of aryl methyl sites for hydroxylation is 1. The normalized spacial score (nSPS) is 11.7. The molecule has 9 heteroatoms. The molecule has 0 unspecified atom stereocenters. The molecule has 1 atom stereocenters. The van der Waals surface area contributed by atoms with Gasteiger partial charge in [-0.05, 0) is 67.5 Å². The Morgan fingerprint density at radius 1 is 0.721 bits per heavy atom. The van der Waals surface area contributed by atoms with Crippen molar-refractivity contribution in [3.05, 3.63) is 59.7 Å². The average molecular weight is 637 g/mol. The molecular formula is C34H51Cl2N3O4. The molecule has 7 nitrogen and oxygen atoms in total. The second-order valence-corrected chi connectivity index (χ2v) is 11.9. The fourth-order valence-electron chi connectivity index (χ4n) is 5.07. The van der Waals surface area contributed by atoms with Crippen LogP contribution in [0.15, 0.2) is 48.5 Å². The standard InChI is InChI=1S/C34H51Cl2N3O4/c35-21-24-39(25-22-36)31-17-13-28(14-18-31)10-9-12-33(42)37-23-8-6-4-2-1-3-5-7-11-34(43)38-30(27-40)26-29-15-19-32(41)20-16-29/h13-20,30,40-41H,1-12,21-27H2,(H,37,42)(H,38,43)/t30-/m1/s1. The average Bonchev–Trinajstić information content (AvgIpc) is 3.01. The lowest BCUT2D eigenvalue weighted by molar-refractivity contribution is -0.122. The molecular weight excluding hydrogens is 585 g/mol. The van der Waals surface area contributed by atoms with Gasteiger partial charge >= 0.3 is 0 Å². The third-order valence-electron chi connectivity index (χ3n) is 7.54. The highest BCUT2D eigenvalue weighted by atomic mass is 35.5. The fraction of sp³-hybridized carbons (Fsp3) is 0.588. The van der Waals surface area contributed by atoms with E-state index in [1.54, 1.807) is 24.3 Å². The van der Waals surface area contributed by atoms with E-state index in [1.807, 2.05) is 0 Å². The maximum Gasteiger partial charge on any atom is 0.220 e. The third kappa shape index (κ3) is 16.8. The van der Waals surface area contributed by atoms with Crippen LogP contribution >= 0.6 is 23.2 Å². The number of benzene rings is 2. The number of carbonyl (C=O) groups excluding carboxylic acids is 2. The van der Waals surface area contributed by atoms with Crippen molar-refractivity contribution in [1.82, 2.24) is 10.6 Å². The zero-order valence-corrected chi connectivity index (χ0v) is 27.1. The van der Waals surface area contributed by atoms with Crippen LogP contribution in [0.1, 0.15) is 81.8 Å². The van der Waals surface area contributed by atoms with Gasteiger partial charge < -0.3 is 25.7 Å². The molecule has 0 bridgehead atoms. The second kappa shape index (κ2) is 23.0. The number of hydrogen-bond donors (Lipinski definition) is 4. The van der Waals surface area contributed by atoms with Gasteiger partial charge in [-0.3, -0.25) is 9.59 Å². The molecule has 240 valence electrons. The van der Waals surface area contributed by atoms with E-state index in [4.69, 9.17) is 23.2 Å². The number of nitrogens with zero attached hydrogens (tertiary/aromatic N) is 1. The molecule has 0 aliphatic rings. The first-order valence-corrected chi connectivity index (χ1v) is 16.9. The predicted molar refractivity (Wildman–Crippen MR) is 178 cm³/mol. The number of halogens is 2. The van der Waals surface area contributed by atoms with Crippen molar-refractivity contribution in [1.29, 1.82) is 0 Å². The van der Waals surface area contributed by atoms with E-state index in [9.17, 15) is 19.8 Å². The zero-order valence-electron chi connectivity index (χ0n) is 25.5. The number of phenolic OH excluding ortho intramolecular Hbond substituents is 1. The maximum absolute atomic E-state index is 12.2. The number of phenols is 1. The van der Waals surface area contributed by atoms with E-state index in [1.165, 1.54) is 12.0 Å². The summed E-state index contributed by atoms with van der Waals surface area (Å²) >= 11 is 11.8. The Balaban J connectivity index is 1.41. The van der Waals surface area contributed by atoms with Crippen molar-refractivity contribution in [3.8, 4) is 5.75 Å². The summed E-state index contributed by atoms with van der Waals surface area (Å²) in [4.78, 5) is 26.6. The summed E-state index contributed by atoms with van der Waals surface area (Å²) in [5.41, 5.74) is 3.32. The lowest BCUT2D eigenvalue weighted by Gasteiger charge is -2.23. The number of hydrogen-bond acceptors (Lipinski definition) is 5. The molecule has 0 fully saturated rings. The van der Waals surface area contributed by atoms with E-state index < -0.39 is 0 Å². The Hall–Kier alpha value is -2.48. The summed E-state index contributed by atoms with van der Waals surface area (Å²) in [5, 5.41) is 24.9. The molecule has 2 aromatic rings. The molecule has 0 aliphatic heterocycles. The number of aliphatic hydroxyl groups is 1. The van der Waals surface area contributed by atoms with Crippen molar-refractivity contribution in [2.75, 3.05) is 42.9 Å². The number of alkyl halides is 2. The Kier molecular flexibility index (Phi) is 19.6. The van der Waals surface area contributed by atoms with Crippen molar-refractivity contribution in [2.45, 2.75) is 89.5 Å². The van der Waals surface area contributed by atoms with Crippen LogP contribution in [0.25, 0.3) is 0 Å². The van der Waals surface area contributed by atoms with Gasteiger partial charge in [0.1, 0.15) is 5.75 Å². The fourth-order valence-corrected chi connectivity index (χ4v) is 5.47. The molecule has 2 rings (SSSR count). The number of carbonyl (C=O) groups is 2. The van der Waals surface area contributed by atoms with Gasteiger partial charge in [0, 0.05) is 49.9 Å². The summed E-state index contributed by atoms with van der Waals surface area (Å²) in [7, 11) is 0. The molecule has 0 saturated heterocycles. The molecule has 0 radical (unpaired) electrons. The molecule has 0 aliphatic carbocycles. The molecule has 2 aromatic carbocycles. The molecule has 0 spiro atoms. The van der Waals surface area contributed by atoms with Gasteiger partial charge in [-0.25, -0.2) is 0 Å². The summed E-state index contributed by atoms with van der Waals surface area (Å²) in [5.74, 6) is 1.43. The Morgan fingerprint density at radius 3 is 1.88 bits per heavy atom. The van der Waals surface area contributed by atoms with Crippen LogP contribution in [0.5, 0.6) is 5.75 Å². The number of nitrogens with one attached hydrogen (secondary N) is 2. The van der Waals surface area contributed by atoms with Crippen LogP contribution in [-0.4, -0.2) is 66.1 Å². The highest BCUT2D eigenvalue weighted by molar-refractivity contribution is 6.18. The first-order valence-electron chi connectivity index (χ1n) is 15.9. The van der Waals surface area contributed by atoms with Crippen LogP contribution < -0.4 is 15.5 Å². The Bertz CT molecular complexity index is 1020. The molecule has 0 aromatic heterocycles. The van der Waals surface area contributed by atoms with Crippen molar-refractivity contribution in [2.24, 2.45) is 0 Å². The zero-order chi connectivity index (χ0) is 31.1. The third-order valence-corrected chi connectivity index (χ3v) is 7.87. The minimum absolute atomic E-state index is 0.0257. The summed E-state index contributed by atoms with van der Waals surface area (Å²) in [6.07, 6.45) is 11.9. The smallest absolute Gasteiger partial charge is 0.220 e. The van der Waals surface area contributed by atoms with Gasteiger partial charge in [-0.15, -0.1) is 23.2 Å².